The Labute approximate surface area is 135 Å². The Morgan fingerprint density at radius 3 is 2.43 bits per heavy atom. The van der Waals surface area contributed by atoms with Crippen molar-refractivity contribution in [2.75, 3.05) is 0 Å². The van der Waals surface area contributed by atoms with Gasteiger partial charge in [0.05, 0.1) is 6.10 Å². The van der Waals surface area contributed by atoms with Crippen LogP contribution in [0, 0.1) is 5.92 Å². The molecule has 0 amide bonds. The van der Waals surface area contributed by atoms with E-state index < -0.39 is 18.1 Å². The fraction of sp³-hybridized carbons (Fsp3) is 0.316. The van der Waals surface area contributed by atoms with Gasteiger partial charge in [0.1, 0.15) is 6.04 Å². The third-order valence-electron chi connectivity index (χ3n) is 4.66. The number of aliphatic hydroxyl groups is 1. The molecule has 0 saturated heterocycles. The average Bonchev–Trinajstić information content (AvgIpc) is 2.90. The van der Waals surface area contributed by atoms with Crippen molar-refractivity contribution in [3.05, 3.63) is 71.3 Å². The second-order valence-electron chi connectivity index (χ2n) is 6.13. The molecule has 4 nitrogen and oxygen atoms in total. The van der Waals surface area contributed by atoms with E-state index in [-0.39, 0.29) is 12.0 Å². The van der Waals surface area contributed by atoms with Crippen LogP contribution in [-0.2, 0) is 11.2 Å². The highest BCUT2D eigenvalue weighted by Gasteiger charge is 2.40. The number of rotatable bonds is 5. The number of aliphatic carboxylic acids is 1. The van der Waals surface area contributed by atoms with Gasteiger partial charge in [0.15, 0.2) is 0 Å². The zero-order valence-electron chi connectivity index (χ0n) is 13.0. The molecule has 3 N–H and O–H groups in total. The van der Waals surface area contributed by atoms with E-state index in [4.69, 9.17) is 0 Å². The summed E-state index contributed by atoms with van der Waals surface area (Å²) in [6.45, 7) is 1.94. The van der Waals surface area contributed by atoms with Crippen molar-refractivity contribution in [3.63, 3.8) is 0 Å². The maximum atomic E-state index is 11.8. The Bertz CT molecular complexity index is 686. The summed E-state index contributed by atoms with van der Waals surface area (Å²) < 4.78 is 0. The fourth-order valence-corrected chi connectivity index (χ4v) is 3.39. The highest BCUT2D eigenvalue weighted by molar-refractivity contribution is 5.74. The molecule has 0 bridgehead atoms. The summed E-state index contributed by atoms with van der Waals surface area (Å²) in [6, 6.07) is 16.5. The summed E-state index contributed by atoms with van der Waals surface area (Å²) in [5.74, 6) is -1.29. The van der Waals surface area contributed by atoms with Crippen molar-refractivity contribution in [1.29, 1.82) is 0 Å². The summed E-state index contributed by atoms with van der Waals surface area (Å²) in [4.78, 5) is 11.8. The van der Waals surface area contributed by atoms with Crippen LogP contribution in [0.15, 0.2) is 54.6 Å². The van der Waals surface area contributed by atoms with E-state index >= 15 is 0 Å². The first kappa shape index (κ1) is 15.7. The lowest BCUT2D eigenvalue weighted by molar-refractivity contribution is -0.142. The van der Waals surface area contributed by atoms with E-state index in [1.807, 2.05) is 61.5 Å². The van der Waals surface area contributed by atoms with Gasteiger partial charge in [0.25, 0.3) is 0 Å². The zero-order chi connectivity index (χ0) is 16.4. The predicted molar refractivity (Wildman–Crippen MR) is 88.0 cm³/mol. The fourth-order valence-electron chi connectivity index (χ4n) is 3.39. The van der Waals surface area contributed by atoms with Crippen LogP contribution in [0.25, 0.3) is 0 Å². The van der Waals surface area contributed by atoms with Crippen LogP contribution in [0.1, 0.15) is 35.8 Å². The first-order chi connectivity index (χ1) is 11.1. The summed E-state index contributed by atoms with van der Waals surface area (Å²) in [6.07, 6.45) is -0.175. The molecule has 0 saturated carbocycles. The van der Waals surface area contributed by atoms with E-state index in [0.29, 0.717) is 6.42 Å². The number of carboxylic acid groups (broad SMARTS) is 1. The Balaban J connectivity index is 1.80. The van der Waals surface area contributed by atoms with Gasteiger partial charge in [-0.3, -0.25) is 10.1 Å². The SMILES string of the molecule is C[C@@H](N[C@@H](C(=O)O)[C@@H]1Cc2ccccc2[C@@H]1O)c1ccccc1. The molecule has 1 aliphatic rings. The zero-order valence-corrected chi connectivity index (χ0v) is 13.0. The highest BCUT2D eigenvalue weighted by Crippen LogP contribution is 2.38. The standard InChI is InChI=1S/C19H21NO3/c1-12(13-7-3-2-4-8-13)20-17(19(22)23)16-11-14-9-5-6-10-15(14)18(16)21/h2-10,12,16-18,20-21H,11H2,1H3,(H,22,23)/t12-,16+,17-,18+/m1/s1. The molecule has 1 aliphatic carbocycles. The smallest absolute Gasteiger partial charge is 0.321 e. The molecule has 2 aromatic rings. The normalized spacial score (nSPS) is 22.3. The number of hydrogen-bond acceptors (Lipinski definition) is 3. The lowest BCUT2D eigenvalue weighted by atomic mass is 9.93. The van der Waals surface area contributed by atoms with E-state index in [1.165, 1.54) is 0 Å². The second kappa shape index (κ2) is 6.52. The first-order valence-corrected chi connectivity index (χ1v) is 7.87. The molecule has 0 fully saturated rings. The molecule has 120 valence electrons. The first-order valence-electron chi connectivity index (χ1n) is 7.87. The molecular formula is C19H21NO3. The molecule has 0 heterocycles. The lowest BCUT2D eigenvalue weighted by Crippen LogP contribution is -2.45. The van der Waals surface area contributed by atoms with Crippen molar-refractivity contribution in [2.24, 2.45) is 5.92 Å². The number of hydrogen-bond donors (Lipinski definition) is 3. The minimum Gasteiger partial charge on any atom is -0.480 e. The van der Waals surface area contributed by atoms with Crippen molar-refractivity contribution < 1.29 is 15.0 Å². The predicted octanol–water partition coefficient (Wildman–Crippen LogP) is 2.70. The monoisotopic (exact) mass is 311 g/mol. The van der Waals surface area contributed by atoms with Gasteiger partial charge < -0.3 is 10.2 Å². The number of benzene rings is 2. The largest absolute Gasteiger partial charge is 0.480 e. The van der Waals surface area contributed by atoms with Crippen molar-refractivity contribution in [1.82, 2.24) is 5.32 Å². The minimum absolute atomic E-state index is 0.104. The third-order valence-corrected chi connectivity index (χ3v) is 4.66. The highest BCUT2D eigenvalue weighted by atomic mass is 16.4. The van der Waals surface area contributed by atoms with Gasteiger partial charge in [-0.2, -0.15) is 0 Å². The van der Waals surface area contributed by atoms with Crippen molar-refractivity contribution >= 4 is 5.97 Å². The van der Waals surface area contributed by atoms with Crippen molar-refractivity contribution in [2.45, 2.75) is 31.5 Å². The van der Waals surface area contributed by atoms with Crippen LogP contribution >= 0.6 is 0 Å². The number of aliphatic hydroxyl groups excluding tert-OH is 1. The number of fused-ring (bicyclic) bond motifs is 1. The summed E-state index contributed by atoms with van der Waals surface area (Å²) in [7, 11) is 0. The molecule has 0 spiro atoms. The Morgan fingerprint density at radius 1 is 1.13 bits per heavy atom. The summed E-state index contributed by atoms with van der Waals surface area (Å²) >= 11 is 0. The van der Waals surface area contributed by atoms with Crippen LogP contribution in [0.2, 0.25) is 0 Å². The second-order valence-corrected chi connectivity index (χ2v) is 6.13. The van der Waals surface area contributed by atoms with Crippen LogP contribution in [0.5, 0.6) is 0 Å². The van der Waals surface area contributed by atoms with E-state index in [1.54, 1.807) is 0 Å². The molecule has 3 rings (SSSR count). The Morgan fingerprint density at radius 2 is 1.78 bits per heavy atom. The van der Waals surface area contributed by atoms with Gasteiger partial charge in [-0.05, 0) is 30.0 Å². The third kappa shape index (κ3) is 3.14. The van der Waals surface area contributed by atoms with Gasteiger partial charge in [-0.1, -0.05) is 54.6 Å². The average molecular weight is 311 g/mol. The quantitative estimate of drug-likeness (QED) is 0.794. The minimum atomic E-state index is -0.926. The number of nitrogens with one attached hydrogen (secondary N) is 1. The van der Waals surface area contributed by atoms with Gasteiger partial charge in [0, 0.05) is 12.0 Å². The van der Waals surface area contributed by atoms with E-state index in [2.05, 4.69) is 5.32 Å². The summed E-state index contributed by atoms with van der Waals surface area (Å²) in [5.41, 5.74) is 2.91. The van der Waals surface area contributed by atoms with Gasteiger partial charge in [-0.15, -0.1) is 0 Å². The molecule has 23 heavy (non-hydrogen) atoms. The molecule has 4 heteroatoms. The van der Waals surface area contributed by atoms with Crippen LogP contribution in [0.4, 0.5) is 0 Å². The van der Waals surface area contributed by atoms with Crippen LogP contribution < -0.4 is 5.32 Å². The van der Waals surface area contributed by atoms with E-state index in [0.717, 1.165) is 16.7 Å². The molecule has 0 aliphatic heterocycles. The van der Waals surface area contributed by atoms with Crippen LogP contribution in [-0.4, -0.2) is 22.2 Å². The number of carbonyl (C=O) groups is 1. The lowest BCUT2D eigenvalue weighted by Gasteiger charge is -2.27. The molecule has 0 unspecified atom stereocenters. The van der Waals surface area contributed by atoms with Gasteiger partial charge >= 0.3 is 5.97 Å². The van der Waals surface area contributed by atoms with Gasteiger partial charge in [0.2, 0.25) is 0 Å². The molecular weight excluding hydrogens is 290 g/mol. The molecule has 2 aromatic carbocycles. The van der Waals surface area contributed by atoms with Crippen LogP contribution in [0.3, 0.4) is 0 Å². The maximum Gasteiger partial charge on any atom is 0.321 e. The van der Waals surface area contributed by atoms with Gasteiger partial charge in [-0.25, -0.2) is 0 Å². The Hall–Kier alpha value is -2.17. The molecule has 0 radical (unpaired) electrons. The van der Waals surface area contributed by atoms with E-state index in [9.17, 15) is 15.0 Å². The summed E-state index contributed by atoms with van der Waals surface area (Å²) in [5, 5.41) is 23.4. The maximum absolute atomic E-state index is 11.8. The number of carboxylic acids is 1. The molecule has 0 aromatic heterocycles. The molecule has 4 atom stereocenters. The van der Waals surface area contributed by atoms with Crippen molar-refractivity contribution in [3.8, 4) is 0 Å². The topological polar surface area (TPSA) is 69.6 Å². The Kier molecular flexibility index (Phi) is 4.46.